The summed E-state index contributed by atoms with van der Waals surface area (Å²) in [7, 11) is 1.41. The van der Waals surface area contributed by atoms with Crippen LogP contribution in [0.3, 0.4) is 0 Å². The normalized spacial score (nSPS) is 22.0. The molecule has 1 N–H and O–H groups in total. The molecule has 7 nitrogen and oxygen atoms in total. The molecule has 2 unspecified atom stereocenters. The maximum Gasteiger partial charge on any atom is 0.261 e. The minimum atomic E-state index is -0.769. The van der Waals surface area contributed by atoms with Crippen molar-refractivity contribution in [1.82, 2.24) is 10.3 Å². The number of ketones is 2. The quantitative estimate of drug-likeness (QED) is 0.838. The van der Waals surface area contributed by atoms with Crippen molar-refractivity contribution < 1.29 is 23.9 Å². The van der Waals surface area contributed by atoms with Gasteiger partial charge in [-0.3, -0.25) is 14.4 Å². The van der Waals surface area contributed by atoms with E-state index in [2.05, 4.69) is 10.3 Å². The first kappa shape index (κ1) is 14.5. The van der Waals surface area contributed by atoms with Crippen LogP contribution in [0.15, 0.2) is 42.1 Å². The van der Waals surface area contributed by atoms with E-state index in [4.69, 9.17) is 9.47 Å². The molecule has 1 amide bonds. The molecule has 0 bridgehead atoms. The Morgan fingerprint density at radius 1 is 1.25 bits per heavy atom. The van der Waals surface area contributed by atoms with Gasteiger partial charge < -0.3 is 14.8 Å². The number of methoxy groups -OCH3 is 1. The van der Waals surface area contributed by atoms with Crippen LogP contribution in [-0.4, -0.2) is 41.8 Å². The van der Waals surface area contributed by atoms with Crippen LogP contribution < -0.4 is 10.1 Å². The maximum absolute atomic E-state index is 12.5. The van der Waals surface area contributed by atoms with Crippen LogP contribution in [0.4, 0.5) is 0 Å². The smallest absolute Gasteiger partial charge is 0.261 e. The van der Waals surface area contributed by atoms with Gasteiger partial charge in [0.05, 0.1) is 18.3 Å². The van der Waals surface area contributed by atoms with Crippen LogP contribution in [0.25, 0.3) is 10.9 Å². The number of hydrogen-bond acceptors (Lipinski definition) is 6. The summed E-state index contributed by atoms with van der Waals surface area (Å²) in [5, 5.41) is 3.22. The van der Waals surface area contributed by atoms with Crippen molar-refractivity contribution in [1.29, 1.82) is 0 Å². The number of pyridine rings is 1. The number of hydrogen-bond donors (Lipinski definition) is 1. The highest BCUT2D eigenvalue weighted by Crippen LogP contribution is 2.31. The van der Waals surface area contributed by atoms with E-state index in [0.29, 0.717) is 5.52 Å². The molecule has 1 fully saturated rings. The second kappa shape index (κ2) is 5.24. The fourth-order valence-electron chi connectivity index (χ4n) is 2.68. The first-order valence-corrected chi connectivity index (χ1v) is 7.29. The van der Waals surface area contributed by atoms with Crippen LogP contribution in [0, 0.1) is 0 Å². The highest BCUT2D eigenvalue weighted by Gasteiger charge is 2.53. The van der Waals surface area contributed by atoms with Crippen molar-refractivity contribution in [2.75, 3.05) is 7.11 Å². The van der Waals surface area contributed by atoms with Gasteiger partial charge in [0, 0.05) is 11.5 Å². The summed E-state index contributed by atoms with van der Waals surface area (Å²) in [5.41, 5.74) is 0.790. The van der Waals surface area contributed by atoms with E-state index in [0.717, 1.165) is 11.5 Å². The van der Waals surface area contributed by atoms with E-state index in [1.807, 2.05) is 18.2 Å². The third-order valence-corrected chi connectivity index (χ3v) is 3.96. The zero-order valence-electron chi connectivity index (χ0n) is 12.6. The van der Waals surface area contributed by atoms with E-state index in [9.17, 15) is 14.4 Å². The van der Waals surface area contributed by atoms with Crippen LogP contribution in [0.2, 0.25) is 0 Å². The molecule has 0 radical (unpaired) electrons. The number of rotatable bonds is 3. The molecule has 1 aliphatic heterocycles. The van der Waals surface area contributed by atoms with Gasteiger partial charge in [-0.25, -0.2) is 4.98 Å². The summed E-state index contributed by atoms with van der Waals surface area (Å²) in [4.78, 5) is 40.5. The SMILES string of the molecule is COc1nc2ccccc2cc1C(=O)NC1=CC(=O)C2OC2C1=O. The number of nitrogens with zero attached hydrogens (tertiary/aromatic N) is 1. The molecule has 2 aliphatic rings. The first-order valence-electron chi connectivity index (χ1n) is 7.29. The van der Waals surface area contributed by atoms with Gasteiger partial charge in [0.25, 0.3) is 5.91 Å². The molecule has 1 aromatic heterocycles. The largest absolute Gasteiger partial charge is 0.480 e. The highest BCUT2D eigenvalue weighted by molar-refractivity contribution is 6.17. The summed E-state index contributed by atoms with van der Waals surface area (Å²) in [6.45, 7) is 0. The summed E-state index contributed by atoms with van der Waals surface area (Å²) < 4.78 is 10.2. The Hall–Kier alpha value is -3.06. The van der Waals surface area contributed by atoms with Gasteiger partial charge in [-0.1, -0.05) is 18.2 Å². The zero-order valence-corrected chi connectivity index (χ0v) is 12.6. The van der Waals surface area contributed by atoms with Gasteiger partial charge in [-0.05, 0) is 12.1 Å². The predicted molar refractivity (Wildman–Crippen MR) is 82.5 cm³/mol. The number of aromatic nitrogens is 1. The average Bonchev–Trinajstić information content (AvgIpc) is 3.39. The lowest BCUT2D eigenvalue weighted by molar-refractivity contribution is -0.119. The fourth-order valence-corrected chi connectivity index (χ4v) is 2.68. The van der Waals surface area contributed by atoms with Crippen molar-refractivity contribution in [3.63, 3.8) is 0 Å². The van der Waals surface area contributed by atoms with Crippen LogP contribution in [-0.2, 0) is 14.3 Å². The van der Waals surface area contributed by atoms with Crippen molar-refractivity contribution in [3.8, 4) is 5.88 Å². The molecule has 2 heterocycles. The van der Waals surface area contributed by atoms with E-state index in [-0.39, 0.29) is 22.9 Å². The predicted octanol–water partition coefficient (Wildman–Crippen LogP) is 0.776. The highest BCUT2D eigenvalue weighted by atomic mass is 16.6. The van der Waals surface area contributed by atoms with Gasteiger partial charge in [-0.2, -0.15) is 0 Å². The lowest BCUT2D eigenvalue weighted by Crippen LogP contribution is -2.34. The van der Waals surface area contributed by atoms with E-state index in [1.54, 1.807) is 12.1 Å². The minimum Gasteiger partial charge on any atom is -0.480 e. The number of Topliss-reactive ketones (excluding diaryl/α,β-unsaturated/α-hetero) is 1. The van der Waals surface area contributed by atoms with Crippen LogP contribution in [0.1, 0.15) is 10.4 Å². The third-order valence-electron chi connectivity index (χ3n) is 3.96. The molecular weight excluding hydrogens is 312 g/mol. The van der Waals surface area contributed by atoms with Crippen molar-refractivity contribution in [2.45, 2.75) is 12.2 Å². The molecule has 120 valence electrons. The Morgan fingerprint density at radius 3 is 2.83 bits per heavy atom. The van der Waals surface area contributed by atoms with E-state index >= 15 is 0 Å². The van der Waals surface area contributed by atoms with E-state index < -0.39 is 23.9 Å². The lowest BCUT2D eigenvalue weighted by Gasteiger charge is -2.12. The molecule has 2 aromatic rings. The van der Waals surface area contributed by atoms with Gasteiger partial charge in [0.2, 0.25) is 11.7 Å². The van der Waals surface area contributed by atoms with Crippen LogP contribution >= 0.6 is 0 Å². The minimum absolute atomic E-state index is 0.0704. The summed E-state index contributed by atoms with van der Waals surface area (Å²) in [6, 6.07) is 8.90. The molecule has 0 spiro atoms. The number of carbonyl (C=O) groups is 3. The summed E-state index contributed by atoms with van der Waals surface area (Å²) in [6.07, 6.45) is -0.348. The molecule has 0 saturated carbocycles. The second-order valence-corrected chi connectivity index (χ2v) is 5.49. The number of benzene rings is 1. The molecule has 1 aromatic carbocycles. The van der Waals surface area contributed by atoms with E-state index in [1.165, 1.54) is 7.11 Å². The molecule has 1 saturated heterocycles. The Balaban J connectivity index is 1.68. The molecule has 7 heteroatoms. The molecule has 4 rings (SSSR count). The van der Waals surface area contributed by atoms with Gasteiger partial charge in [-0.15, -0.1) is 0 Å². The van der Waals surface area contributed by atoms with Gasteiger partial charge >= 0.3 is 0 Å². The fraction of sp³-hybridized carbons (Fsp3) is 0.176. The Labute approximate surface area is 136 Å². The standard InChI is InChI=1S/C17H12N2O5/c1-23-17-9(6-8-4-2-3-5-10(8)19-17)16(22)18-11-7-12(20)14-15(24-14)13(11)21/h2-7,14-15H,1H3,(H,18,22). The molecule has 2 atom stereocenters. The lowest BCUT2D eigenvalue weighted by atomic mass is 10.0. The molecule has 1 aliphatic carbocycles. The number of nitrogens with one attached hydrogen (secondary N) is 1. The topological polar surface area (TPSA) is 97.9 Å². The van der Waals surface area contributed by atoms with Crippen molar-refractivity contribution in [3.05, 3.63) is 47.7 Å². The Morgan fingerprint density at radius 2 is 2.04 bits per heavy atom. The summed E-state index contributed by atoms with van der Waals surface area (Å²) in [5.74, 6) is -1.15. The Bertz CT molecular complexity index is 934. The number of para-hydroxylation sites is 1. The van der Waals surface area contributed by atoms with Crippen molar-refractivity contribution in [2.24, 2.45) is 0 Å². The Kier molecular flexibility index (Phi) is 3.17. The van der Waals surface area contributed by atoms with Gasteiger partial charge in [0.1, 0.15) is 5.56 Å². The number of amides is 1. The zero-order chi connectivity index (χ0) is 16.8. The average molecular weight is 324 g/mol. The van der Waals surface area contributed by atoms with Crippen LogP contribution in [0.5, 0.6) is 5.88 Å². The first-order chi connectivity index (χ1) is 11.6. The number of fused-ring (bicyclic) bond motifs is 2. The number of ether oxygens (including phenoxy) is 2. The molecular formula is C17H12N2O5. The molecule has 24 heavy (non-hydrogen) atoms. The van der Waals surface area contributed by atoms with Crippen molar-refractivity contribution >= 4 is 28.4 Å². The maximum atomic E-state index is 12.5. The number of carbonyl (C=O) groups excluding carboxylic acids is 3. The summed E-state index contributed by atoms with van der Waals surface area (Å²) >= 11 is 0. The number of epoxide rings is 1. The second-order valence-electron chi connectivity index (χ2n) is 5.49. The monoisotopic (exact) mass is 324 g/mol. The third kappa shape index (κ3) is 2.26. The van der Waals surface area contributed by atoms with Gasteiger partial charge in [0.15, 0.2) is 18.0 Å².